The number of halogens is 3. The number of hydrogen-bond donors (Lipinski definition) is 2. The average molecular weight is 408 g/mol. The zero-order chi connectivity index (χ0) is 14.0. The highest BCUT2D eigenvalue weighted by atomic mass is 127. The number of aromatic hydroxyl groups is 1. The SMILES string of the molecule is O=C(Nc1ccc(Cl)cc1Cl)c1ccc(I)c(O)c1. The second-order valence-corrected chi connectivity index (χ2v) is 5.75. The molecule has 6 heteroatoms. The van der Waals surface area contributed by atoms with Crippen molar-refractivity contribution in [3.8, 4) is 5.75 Å². The topological polar surface area (TPSA) is 49.3 Å². The fraction of sp³-hybridized carbons (Fsp3) is 0. The van der Waals surface area contributed by atoms with Crippen LogP contribution in [0, 0.1) is 3.57 Å². The minimum absolute atomic E-state index is 0.0652. The third-order valence-corrected chi connectivity index (χ3v) is 3.85. The molecule has 2 N–H and O–H groups in total. The maximum absolute atomic E-state index is 12.0. The van der Waals surface area contributed by atoms with Gasteiger partial charge in [0.2, 0.25) is 0 Å². The van der Waals surface area contributed by atoms with Gasteiger partial charge in [-0.3, -0.25) is 4.79 Å². The van der Waals surface area contributed by atoms with Crippen LogP contribution < -0.4 is 5.32 Å². The Morgan fingerprint density at radius 1 is 1.16 bits per heavy atom. The summed E-state index contributed by atoms with van der Waals surface area (Å²) >= 11 is 13.7. The summed E-state index contributed by atoms with van der Waals surface area (Å²) in [7, 11) is 0. The molecule has 2 rings (SSSR count). The number of nitrogens with one attached hydrogen (secondary N) is 1. The lowest BCUT2D eigenvalue weighted by Gasteiger charge is -2.08. The van der Waals surface area contributed by atoms with E-state index in [0.29, 0.717) is 24.9 Å². The van der Waals surface area contributed by atoms with Crippen molar-refractivity contribution in [2.24, 2.45) is 0 Å². The highest BCUT2D eigenvalue weighted by molar-refractivity contribution is 14.1. The van der Waals surface area contributed by atoms with Crippen LogP contribution in [0.4, 0.5) is 5.69 Å². The second-order valence-electron chi connectivity index (χ2n) is 3.74. The van der Waals surface area contributed by atoms with Crippen molar-refractivity contribution >= 4 is 57.4 Å². The zero-order valence-electron chi connectivity index (χ0n) is 9.45. The normalized spacial score (nSPS) is 10.3. The quantitative estimate of drug-likeness (QED) is 0.717. The van der Waals surface area contributed by atoms with Crippen molar-refractivity contribution in [2.45, 2.75) is 0 Å². The zero-order valence-corrected chi connectivity index (χ0v) is 13.1. The van der Waals surface area contributed by atoms with Crippen LogP contribution in [0.15, 0.2) is 36.4 Å². The first-order chi connectivity index (χ1) is 8.97. The van der Waals surface area contributed by atoms with Crippen molar-refractivity contribution in [3.63, 3.8) is 0 Å². The summed E-state index contributed by atoms with van der Waals surface area (Å²) < 4.78 is 0.679. The molecule has 0 atom stereocenters. The Morgan fingerprint density at radius 2 is 1.89 bits per heavy atom. The maximum Gasteiger partial charge on any atom is 0.255 e. The molecule has 0 aliphatic carbocycles. The smallest absolute Gasteiger partial charge is 0.255 e. The number of hydrogen-bond acceptors (Lipinski definition) is 2. The summed E-state index contributed by atoms with van der Waals surface area (Å²) in [4.78, 5) is 12.0. The average Bonchev–Trinajstić information content (AvgIpc) is 2.36. The lowest BCUT2D eigenvalue weighted by molar-refractivity contribution is 0.102. The predicted molar refractivity (Wildman–Crippen MR) is 85.2 cm³/mol. The van der Waals surface area contributed by atoms with Gasteiger partial charge in [0, 0.05) is 10.6 Å². The van der Waals surface area contributed by atoms with E-state index in [0.717, 1.165) is 0 Å². The van der Waals surface area contributed by atoms with Crippen LogP contribution >= 0.6 is 45.8 Å². The molecule has 0 fully saturated rings. The van der Waals surface area contributed by atoms with Gasteiger partial charge >= 0.3 is 0 Å². The first-order valence-electron chi connectivity index (χ1n) is 5.22. The molecule has 0 aliphatic rings. The monoisotopic (exact) mass is 407 g/mol. The lowest BCUT2D eigenvalue weighted by Crippen LogP contribution is -2.12. The van der Waals surface area contributed by atoms with Gasteiger partial charge in [0.15, 0.2) is 0 Å². The predicted octanol–water partition coefficient (Wildman–Crippen LogP) is 4.56. The molecule has 0 saturated heterocycles. The van der Waals surface area contributed by atoms with E-state index < -0.39 is 0 Å². The summed E-state index contributed by atoms with van der Waals surface area (Å²) in [6.45, 7) is 0. The molecule has 0 aromatic heterocycles. The van der Waals surface area contributed by atoms with Crippen LogP contribution in [-0.4, -0.2) is 11.0 Å². The first kappa shape index (κ1) is 14.4. The molecular formula is C13H8Cl2INO2. The van der Waals surface area contributed by atoms with Crippen LogP contribution in [0.5, 0.6) is 5.75 Å². The van der Waals surface area contributed by atoms with Crippen LogP contribution in [-0.2, 0) is 0 Å². The molecule has 0 bridgehead atoms. The Labute approximate surface area is 133 Å². The Balaban J connectivity index is 2.23. The van der Waals surface area contributed by atoms with E-state index in [-0.39, 0.29) is 11.7 Å². The highest BCUT2D eigenvalue weighted by Crippen LogP contribution is 2.26. The number of carbonyl (C=O) groups excluding carboxylic acids is 1. The third-order valence-electron chi connectivity index (χ3n) is 2.39. The number of benzene rings is 2. The summed E-state index contributed by atoms with van der Waals surface area (Å²) in [6, 6.07) is 9.49. The van der Waals surface area contributed by atoms with Crippen LogP contribution in [0.1, 0.15) is 10.4 Å². The highest BCUT2D eigenvalue weighted by Gasteiger charge is 2.10. The molecule has 3 nitrogen and oxygen atoms in total. The Kier molecular flexibility index (Phi) is 4.54. The first-order valence-corrected chi connectivity index (χ1v) is 7.06. The third kappa shape index (κ3) is 3.52. The van der Waals surface area contributed by atoms with E-state index in [1.165, 1.54) is 6.07 Å². The molecule has 0 spiro atoms. The van der Waals surface area contributed by atoms with Crippen LogP contribution in [0.3, 0.4) is 0 Å². The van der Waals surface area contributed by atoms with Crippen LogP contribution in [0.25, 0.3) is 0 Å². The van der Waals surface area contributed by atoms with E-state index in [1.54, 1.807) is 30.3 Å². The molecule has 0 aliphatic heterocycles. The van der Waals surface area contributed by atoms with Crippen molar-refractivity contribution in [1.82, 2.24) is 0 Å². The van der Waals surface area contributed by atoms with Gasteiger partial charge < -0.3 is 10.4 Å². The van der Waals surface area contributed by atoms with Crippen molar-refractivity contribution in [1.29, 1.82) is 0 Å². The van der Waals surface area contributed by atoms with Gasteiger partial charge in [0.1, 0.15) is 5.75 Å². The number of amides is 1. The number of rotatable bonds is 2. The second kappa shape index (κ2) is 5.98. The molecule has 0 unspecified atom stereocenters. The number of anilines is 1. The molecule has 2 aromatic rings. The summed E-state index contributed by atoms with van der Waals surface area (Å²) in [5.41, 5.74) is 0.818. The summed E-state index contributed by atoms with van der Waals surface area (Å²) in [6.07, 6.45) is 0. The molecule has 0 heterocycles. The molecule has 98 valence electrons. The Hall–Kier alpha value is -0.980. The van der Waals surface area contributed by atoms with Gasteiger partial charge in [-0.25, -0.2) is 0 Å². The molecular weight excluding hydrogens is 400 g/mol. The Morgan fingerprint density at radius 3 is 2.53 bits per heavy atom. The Bertz CT molecular complexity index is 647. The molecule has 19 heavy (non-hydrogen) atoms. The summed E-state index contributed by atoms with van der Waals surface area (Å²) in [5, 5.41) is 13.1. The van der Waals surface area contributed by atoms with E-state index in [1.807, 2.05) is 22.6 Å². The van der Waals surface area contributed by atoms with Gasteiger partial charge in [-0.05, 0) is 59.0 Å². The fourth-order valence-electron chi connectivity index (χ4n) is 1.44. The van der Waals surface area contributed by atoms with E-state index >= 15 is 0 Å². The van der Waals surface area contributed by atoms with Gasteiger partial charge in [0.25, 0.3) is 5.91 Å². The minimum atomic E-state index is -0.351. The number of carbonyl (C=O) groups is 1. The van der Waals surface area contributed by atoms with Gasteiger partial charge in [-0.1, -0.05) is 23.2 Å². The van der Waals surface area contributed by atoms with Crippen LogP contribution in [0.2, 0.25) is 10.0 Å². The van der Waals surface area contributed by atoms with Gasteiger partial charge in [0.05, 0.1) is 14.3 Å². The number of phenols is 1. The largest absolute Gasteiger partial charge is 0.507 e. The van der Waals surface area contributed by atoms with Crippen molar-refractivity contribution < 1.29 is 9.90 Å². The van der Waals surface area contributed by atoms with E-state index in [9.17, 15) is 9.90 Å². The van der Waals surface area contributed by atoms with E-state index in [4.69, 9.17) is 23.2 Å². The lowest BCUT2D eigenvalue weighted by atomic mass is 10.2. The fourth-order valence-corrected chi connectivity index (χ4v) is 2.23. The molecule has 0 radical (unpaired) electrons. The number of phenolic OH excluding ortho intramolecular Hbond substituents is 1. The van der Waals surface area contributed by atoms with Gasteiger partial charge in [-0.2, -0.15) is 0 Å². The van der Waals surface area contributed by atoms with Crippen molar-refractivity contribution in [3.05, 3.63) is 55.6 Å². The molecule has 2 aromatic carbocycles. The molecule has 1 amide bonds. The summed E-state index contributed by atoms with van der Waals surface area (Å²) in [5.74, 6) is -0.286. The molecule has 0 saturated carbocycles. The standard InChI is InChI=1S/C13H8Cl2INO2/c14-8-2-4-11(9(15)6-8)17-13(19)7-1-3-10(16)12(18)5-7/h1-6,18H,(H,17,19). The van der Waals surface area contributed by atoms with E-state index in [2.05, 4.69) is 5.32 Å². The minimum Gasteiger partial charge on any atom is -0.507 e. The van der Waals surface area contributed by atoms with Gasteiger partial charge in [-0.15, -0.1) is 0 Å². The maximum atomic E-state index is 12.0. The van der Waals surface area contributed by atoms with Crippen molar-refractivity contribution in [2.75, 3.05) is 5.32 Å².